The van der Waals surface area contributed by atoms with Gasteiger partial charge in [-0.25, -0.2) is 4.79 Å². The van der Waals surface area contributed by atoms with E-state index in [0.29, 0.717) is 61.4 Å². The van der Waals surface area contributed by atoms with E-state index in [-0.39, 0.29) is 17.9 Å². The van der Waals surface area contributed by atoms with Crippen LogP contribution in [0.3, 0.4) is 0 Å². The SMILES string of the molecule is CCOC(=O)N1CCN(C(=O)CCCN2C(=O)C(=Cc3ccc(C)cc3)SC2=S)CC1. The van der Waals surface area contributed by atoms with Crippen LogP contribution in [0.15, 0.2) is 29.2 Å². The van der Waals surface area contributed by atoms with Crippen molar-refractivity contribution in [3.05, 3.63) is 40.3 Å². The molecule has 166 valence electrons. The minimum Gasteiger partial charge on any atom is -0.450 e. The van der Waals surface area contributed by atoms with Gasteiger partial charge in [0, 0.05) is 39.1 Å². The van der Waals surface area contributed by atoms with Crippen LogP contribution in [0, 0.1) is 6.92 Å². The minimum absolute atomic E-state index is 0.0316. The van der Waals surface area contributed by atoms with Crippen LogP contribution in [0.1, 0.15) is 30.9 Å². The van der Waals surface area contributed by atoms with E-state index in [1.165, 1.54) is 11.8 Å². The fraction of sp³-hybridized carbons (Fsp3) is 0.455. The number of thiocarbonyl (C=S) groups is 1. The van der Waals surface area contributed by atoms with E-state index in [9.17, 15) is 14.4 Å². The van der Waals surface area contributed by atoms with Gasteiger partial charge in [-0.05, 0) is 31.9 Å². The second-order valence-electron chi connectivity index (χ2n) is 7.41. The van der Waals surface area contributed by atoms with Crippen molar-refractivity contribution in [2.75, 3.05) is 39.3 Å². The van der Waals surface area contributed by atoms with Crippen molar-refractivity contribution in [1.82, 2.24) is 14.7 Å². The van der Waals surface area contributed by atoms with Gasteiger partial charge < -0.3 is 14.5 Å². The molecule has 2 saturated heterocycles. The van der Waals surface area contributed by atoms with Crippen LogP contribution >= 0.6 is 24.0 Å². The molecule has 2 fully saturated rings. The highest BCUT2D eigenvalue weighted by atomic mass is 32.2. The minimum atomic E-state index is -0.331. The summed E-state index contributed by atoms with van der Waals surface area (Å²) in [5.41, 5.74) is 2.12. The molecule has 3 amide bonds. The van der Waals surface area contributed by atoms with Crippen LogP contribution in [-0.4, -0.2) is 76.3 Å². The van der Waals surface area contributed by atoms with Crippen molar-refractivity contribution < 1.29 is 19.1 Å². The predicted octanol–water partition coefficient (Wildman–Crippen LogP) is 3.28. The summed E-state index contributed by atoms with van der Waals surface area (Å²) in [5.74, 6) is -0.0739. The molecule has 0 N–H and O–H groups in total. The van der Waals surface area contributed by atoms with Gasteiger partial charge in [-0.2, -0.15) is 0 Å². The normalized spacial score (nSPS) is 18.1. The van der Waals surface area contributed by atoms with Crippen LogP contribution in [0.2, 0.25) is 0 Å². The van der Waals surface area contributed by atoms with Gasteiger partial charge in [-0.15, -0.1) is 0 Å². The molecule has 1 aromatic carbocycles. The third-order valence-corrected chi connectivity index (χ3v) is 6.56. The molecule has 0 radical (unpaired) electrons. The number of benzene rings is 1. The van der Waals surface area contributed by atoms with Crippen molar-refractivity contribution >= 4 is 52.3 Å². The molecule has 0 aromatic heterocycles. The van der Waals surface area contributed by atoms with Crippen molar-refractivity contribution in [2.45, 2.75) is 26.7 Å². The summed E-state index contributed by atoms with van der Waals surface area (Å²) >= 11 is 6.68. The third kappa shape index (κ3) is 6.07. The third-order valence-electron chi connectivity index (χ3n) is 5.18. The Hall–Kier alpha value is -2.39. The first kappa shape index (κ1) is 23.3. The molecule has 3 rings (SSSR count). The van der Waals surface area contributed by atoms with Gasteiger partial charge in [0.15, 0.2) is 0 Å². The lowest BCUT2D eigenvalue weighted by atomic mass is 10.1. The first-order valence-electron chi connectivity index (χ1n) is 10.4. The van der Waals surface area contributed by atoms with Gasteiger partial charge in [-0.3, -0.25) is 14.5 Å². The molecule has 7 nitrogen and oxygen atoms in total. The second kappa shape index (κ2) is 10.8. The van der Waals surface area contributed by atoms with Gasteiger partial charge in [0.05, 0.1) is 11.5 Å². The monoisotopic (exact) mass is 461 g/mol. The standard InChI is InChI=1S/C22H27N3O4S2/c1-3-29-21(28)24-13-11-23(12-14-24)19(26)5-4-10-25-20(27)18(31-22(25)30)15-17-8-6-16(2)7-9-17/h6-9,15H,3-5,10-14H2,1-2H3. The van der Waals surface area contributed by atoms with Gasteiger partial charge >= 0.3 is 6.09 Å². The Balaban J connectivity index is 1.45. The summed E-state index contributed by atoms with van der Waals surface area (Å²) in [5, 5.41) is 0. The zero-order valence-electron chi connectivity index (χ0n) is 17.8. The number of thioether (sulfide) groups is 1. The Morgan fingerprint density at radius 1 is 1.13 bits per heavy atom. The summed E-state index contributed by atoms with van der Waals surface area (Å²) in [4.78, 5) is 42.5. The van der Waals surface area contributed by atoms with Crippen LogP contribution in [-0.2, 0) is 14.3 Å². The number of carbonyl (C=O) groups excluding carboxylic acids is 3. The number of piperazine rings is 1. The topological polar surface area (TPSA) is 70.2 Å². The molecule has 0 spiro atoms. The average Bonchev–Trinajstić information content (AvgIpc) is 3.03. The maximum Gasteiger partial charge on any atom is 0.409 e. The van der Waals surface area contributed by atoms with E-state index in [1.54, 1.807) is 21.6 Å². The number of ether oxygens (including phenoxy) is 1. The molecule has 2 aliphatic rings. The molecule has 2 aliphatic heterocycles. The molecule has 31 heavy (non-hydrogen) atoms. The van der Waals surface area contributed by atoms with Gasteiger partial charge in [0.1, 0.15) is 4.32 Å². The fourth-order valence-electron chi connectivity index (χ4n) is 3.41. The van der Waals surface area contributed by atoms with Gasteiger partial charge in [-0.1, -0.05) is 53.8 Å². The van der Waals surface area contributed by atoms with E-state index in [4.69, 9.17) is 17.0 Å². The van der Waals surface area contributed by atoms with Crippen LogP contribution in [0.4, 0.5) is 4.79 Å². The molecule has 0 bridgehead atoms. The van der Waals surface area contributed by atoms with Gasteiger partial charge in [0.25, 0.3) is 5.91 Å². The summed E-state index contributed by atoms with van der Waals surface area (Å²) in [6.45, 7) is 6.50. The van der Waals surface area contributed by atoms with E-state index < -0.39 is 0 Å². The number of carbonyl (C=O) groups is 3. The largest absolute Gasteiger partial charge is 0.450 e. The number of hydrogen-bond acceptors (Lipinski definition) is 6. The molecule has 9 heteroatoms. The zero-order chi connectivity index (χ0) is 22.4. The summed E-state index contributed by atoms with van der Waals surface area (Å²) < 4.78 is 5.52. The lowest BCUT2D eigenvalue weighted by Crippen LogP contribution is -2.50. The molecule has 0 saturated carbocycles. The molecular formula is C22H27N3O4S2. The summed E-state index contributed by atoms with van der Waals surface area (Å²) in [6.07, 6.45) is 2.41. The van der Waals surface area contributed by atoms with Crippen molar-refractivity contribution in [3.8, 4) is 0 Å². The van der Waals surface area contributed by atoms with Crippen LogP contribution in [0.5, 0.6) is 0 Å². The van der Waals surface area contributed by atoms with E-state index in [1.807, 2.05) is 37.3 Å². The zero-order valence-corrected chi connectivity index (χ0v) is 19.5. The first-order chi connectivity index (χ1) is 14.9. The molecule has 0 atom stereocenters. The number of aryl methyl sites for hydroxylation is 1. The van der Waals surface area contributed by atoms with Crippen LogP contribution < -0.4 is 0 Å². The first-order valence-corrected chi connectivity index (χ1v) is 11.6. The quantitative estimate of drug-likeness (QED) is 0.478. The molecule has 2 heterocycles. The van der Waals surface area contributed by atoms with Crippen molar-refractivity contribution in [3.63, 3.8) is 0 Å². The Kier molecular flexibility index (Phi) is 8.09. The molecule has 0 aliphatic carbocycles. The van der Waals surface area contributed by atoms with E-state index in [0.717, 1.165) is 11.1 Å². The number of hydrogen-bond donors (Lipinski definition) is 0. The number of nitrogens with zero attached hydrogens (tertiary/aromatic N) is 3. The summed E-state index contributed by atoms with van der Waals surface area (Å²) in [7, 11) is 0. The Bertz CT molecular complexity index is 877. The molecule has 0 unspecified atom stereocenters. The average molecular weight is 462 g/mol. The molecular weight excluding hydrogens is 434 g/mol. The van der Waals surface area contributed by atoms with Crippen molar-refractivity contribution in [1.29, 1.82) is 0 Å². The predicted molar refractivity (Wildman–Crippen MR) is 125 cm³/mol. The maximum absolute atomic E-state index is 12.7. The number of amides is 3. The van der Waals surface area contributed by atoms with E-state index >= 15 is 0 Å². The second-order valence-corrected chi connectivity index (χ2v) is 9.09. The lowest BCUT2D eigenvalue weighted by Gasteiger charge is -2.34. The fourth-order valence-corrected chi connectivity index (χ4v) is 4.72. The Morgan fingerprint density at radius 2 is 1.77 bits per heavy atom. The molecule has 1 aromatic rings. The Labute approximate surface area is 192 Å². The highest BCUT2D eigenvalue weighted by Gasteiger charge is 2.32. The van der Waals surface area contributed by atoms with Crippen molar-refractivity contribution in [2.24, 2.45) is 0 Å². The van der Waals surface area contributed by atoms with Crippen LogP contribution in [0.25, 0.3) is 6.08 Å². The van der Waals surface area contributed by atoms with Gasteiger partial charge in [0.2, 0.25) is 5.91 Å². The lowest BCUT2D eigenvalue weighted by molar-refractivity contribution is -0.133. The highest BCUT2D eigenvalue weighted by molar-refractivity contribution is 8.26. The summed E-state index contributed by atoms with van der Waals surface area (Å²) in [6, 6.07) is 7.96. The van der Waals surface area contributed by atoms with E-state index in [2.05, 4.69) is 0 Å². The highest BCUT2D eigenvalue weighted by Crippen LogP contribution is 2.32. The smallest absolute Gasteiger partial charge is 0.409 e. The number of rotatable bonds is 6. The Morgan fingerprint density at radius 3 is 2.42 bits per heavy atom. The maximum atomic E-state index is 12.7.